The van der Waals surface area contributed by atoms with Crippen LogP contribution in [0.1, 0.15) is 38.2 Å². The molecular weight excluding hydrogens is 246 g/mol. The highest BCUT2D eigenvalue weighted by atomic mass is 15.1. The summed E-state index contributed by atoms with van der Waals surface area (Å²) in [7, 11) is 0. The van der Waals surface area contributed by atoms with E-state index in [0.29, 0.717) is 5.54 Å². The molecule has 0 saturated heterocycles. The SMILES string of the molecule is CCC1(n2cncc2-c2cccc3c2NCC3)CCC1. The predicted octanol–water partition coefficient (Wildman–Crippen LogP) is 3.81. The molecule has 4 rings (SSSR count). The molecule has 1 N–H and O–H groups in total. The largest absolute Gasteiger partial charge is 0.384 e. The molecular formula is C17H21N3. The molecule has 1 saturated carbocycles. The number of anilines is 1. The summed E-state index contributed by atoms with van der Waals surface area (Å²) in [5, 5.41) is 3.55. The standard InChI is InChI=1S/C17H21N3/c1-2-17(8-4-9-17)20-12-18-11-15(20)14-6-3-5-13-7-10-19-16(13)14/h3,5-6,11-12,19H,2,4,7-10H2,1H3. The minimum absolute atomic E-state index is 0.313. The smallest absolute Gasteiger partial charge is 0.0956 e. The van der Waals surface area contributed by atoms with E-state index in [-0.39, 0.29) is 0 Å². The monoisotopic (exact) mass is 267 g/mol. The van der Waals surface area contributed by atoms with Gasteiger partial charge in [0.15, 0.2) is 0 Å². The Bertz CT molecular complexity index is 632. The molecule has 0 spiro atoms. The van der Waals surface area contributed by atoms with E-state index in [0.717, 1.165) is 13.0 Å². The molecule has 3 heteroatoms. The third-order valence-corrected chi connectivity index (χ3v) is 5.21. The van der Waals surface area contributed by atoms with Crippen molar-refractivity contribution in [2.45, 2.75) is 44.6 Å². The molecule has 0 radical (unpaired) electrons. The summed E-state index contributed by atoms with van der Waals surface area (Å²) in [4.78, 5) is 4.46. The molecule has 0 bridgehead atoms. The van der Waals surface area contributed by atoms with Crippen LogP contribution in [0.3, 0.4) is 0 Å². The van der Waals surface area contributed by atoms with Gasteiger partial charge in [-0.05, 0) is 37.7 Å². The first kappa shape index (κ1) is 12.0. The van der Waals surface area contributed by atoms with Gasteiger partial charge in [0.1, 0.15) is 0 Å². The van der Waals surface area contributed by atoms with Crippen LogP contribution in [0.4, 0.5) is 5.69 Å². The first-order chi connectivity index (χ1) is 9.84. The molecule has 0 unspecified atom stereocenters. The molecule has 2 aliphatic rings. The lowest BCUT2D eigenvalue weighted by atomic mass is 9.74. The molecule has 2 aromatic rings. The second-order valence-electron chi connectivity index (χ2n) is 6.10. The van der Waals surface area contributed by atoms with Crippen molar-refractivity contribution in [1.82, 2.24) is 9.55 Å². The molecule has 20 heavy (non-hydrogen) atoms. The Hall–Kier alpha value is -1.77. The third kappa shape index (κ3) is 1.55. The van der Waals surface area contributed by atoms with Gasteiger partial charge in [0.05, 0.1) is 18.2 Å². The van der Waals surface area contributed by atoms with Crippen LogP contribution in [-0.2, 0) is 12.0 Å². The first-order valence-corrected chi connectivity index (χ1v) is 7.73. The summed E-state index contributed by atoms with van der Waals surface area (Å²) < 4.78 is 2.44. The second-order valence-corrected chi connectivity index (χ2v) is 6.10. The van der Waals surface area contributed by atoms with Crippen molar-refractivity contribution >= 4 is 5.69 Å². The normalized spacial score (nSPS) is 19.2. The van der Waals surface area contributed by atoms with E-state index in [1.165, 1.54) is 48.2 Å². The summed E-state index contributed by atoms with van der Waals surface area (Å²) in [6.07, 6.45) is 10.3. The van der Waals surface area contributed by atoms with Gasteiger partial charge in [0.25, 0.3) is 0 Å². The Morgan fingerprint density at radius 2 is 2.25 bits per heavy atom. The maximum absolute atomic E-state index is 4.46. The molecule has 104 valence electrons. The Morgan fingerprint density at radius 1 is 1.35 bits per heavy atom. The number of aromatic nitrogens is 2. The molecule has 3 nitrogen and oxygen atoms in total. The van der Waals surface area contributed by atoms with Crippen LogP contribution in [0.15, 0.2) is 30.7 Å². The zero-order valence-electron chi connectivity index (χ0n) is 12.0. The van der Waals surface area contributed by atoms with Gasteiger partial charge in [0.2, 0.25) is 0 Å². The highest BCUT2D eigenvalue weighted by molar-refractivity contribution is 5.80. The van der Waals surface area contributed by atoms with E-state index in [1.54, 1.807) is 0 Å². The summed E-state index contributed by atoms with van der Waals surface area (Å²) >= 11 is 0. The van der Waals surface area contributed by atoms with Gasteiger partial charge in [-0.25, -0.2) is 4.98 Å². The number of nitrogens with one attached hydrogen (secondary N) is 1. The van der Waals surface area contributed by atoms with E-state index < -0.39 is 0 Å². The minimum Gasteiger partial charge on any atom is -0.384 e. The van der Waals surface area contributed by atoms with Crippen LogP contribution in [-0.4, -0.2) is 16.1 Å². The Labute approximate surface area is 120 Å². The molecule has 1 fully saturated rings. The maximum Gasteiger partial charge on any atom is 0.0956 e. The minimum atomic E-state index is 0.313. The number of rotatable bonds is 3. The average molecular weight is 267 g/mol. The van der Waals surface area contributed by atoms with Crippen molar-refractivity contribution in [2.75, 3.05) is 11.9 Å². The molecule has 1 aliphatic heterocycles. The van der Waals surface area contributed by atoms with Crippen LogP contribution in [0, 0.1) is 0 Å². The van der Waals surface area contributed by atoms with E-state index in [4.69, 9.17) is 0 Å². The fraction of sp³-hybridized carbons (Fsp3) is 0.471. The average Bonchev–Trinajstić information content (AvgIpc) is 3.06. The Morgan fingerprint density at radius 3 is 3.00 bits per heavy atom. The lowest BCUT2D eigenvalue weighted by Crippen LogP contribution is -2.39. The van der Waals surface area contributed by atoms with Gasteiger partial charge in [-0.15, -0.1) is 0 Å². The zero-order valence-corrected chi connectivity index (χ0v) is 12.0. The number of nitrogens with zero attached hydrogens (tertiary/aromatic N) is 2. The van der Waals surface area contributed by atoms with Gasteiger partial charge in [-0.2, -0.15) is 0 Å². The fourth-order valence-electron chi connectivity index (χ4n) is 3.77. The second kappa shape index (κ2) is 4.37. The summed E-state index contributed by atoms with van der Waals surface area (Å²) in [6.45, 7) is 3.36. The summed E-state index contributed by atoms with van der Waals surface area (Å²) in [5.41, 5.74) is 5.66. The van der Waals surface area contributed by atoms with Crippen molar-refractivity contribution in [2.24, 2.45) is 0 Å². The molecule has 0 amide bonds. The third-order valence-electron chi connectivity index (χ3n) is 5.21. The van der Waals surface area contributed by atoms with E-state index >= 15 is 0 Å². The highest BCUT2D eigenvalue weighted by Crippen LogP contribution is 2.45. The van der Waals surface area contributed by atoms with E-state index in [9.17, 15) is 0 Å². The molecule has 0 atom stereocenters. The van der Waals surface area contributed by atoms with E-state index in [1.807, 2.05) is 12.5 Å². The summed E-state index contributed by atoms with van der Waals surface area (Å²) in [6, 6.07) is 6.64. The van der Waals surface area contributed by atoms with Crippen LogP contribution >= 0.6 is 0 Å². The molecule has 1 aromatic carbocycles. The Kier molecular flexibility index (Phi) is 2.62. The van der Waals surface area contributed by atoms with Gasteiger partial charge >= 0.3 is 0 Å². The lowest BCUT2D eigenvalue weighted by Gasteiger charge is -2.43. The first-order valence-electron chi connectivity index (χ1n) is 7.73. The highest BCUT2D eigenvalue weighted by Gasteiger charge is 2.38. The van der Waals surface area contributed by atoms with Crippen molar-refractivity contribution in [3.63, 3.8) is 0 Å². The van der Waals surface area contributed by atoms with Crippen molar-refractivity contribution in [3.8, 4) is 11.3 Å². The number of imidazole rings is 1. The van der Waals surface area contributed by atoms with Gasteiger partial charge in [0, 0.05) is 23.3 Å². The van der Waals surface area contributed by atoms with Crippen LogP contribution in [0.2, 0.25) is 0 Å². The lowest BCUT2D eigenvalue weighted by molar-refractivity contribution is 0.138. The molecule has 1 aromatic heterocycles. The summed E-state index contributed by atoms with van der Waals surface area (Å²) in [5.74, 6) is 0. The van der Waals surface area contributed by atoms with Crippen molar-refractivity contribution < 1.29 is 0 Å². The van der Waals surface area contributed by atoms with Crippen LogP contribution in [0.25, 0.3) is 11.3 Å². The molecule has 1 aliphatic carbocycles. The van der Waals surface area contributed by atoms with Gasteiger partial charge in [-0.3, -0.25) is 0 Å². The van der Waals surface area contributed by atoms with Gasteiger partial charge in [-0.1, -0.05) is 25.1 Å². The number of hydrogen-bond donors (Lipinski definition) is 1. The molecule has 2 heterocycles. The maximum atomic E-state index is 4.46. The number of para-hydroxylation sites is 1. The van der Waals surface area contributed by atoms with Crippen molar-refractivity contribution in [1.29, 1.82) is 0 Å². The fourth-order valence-corrected chi connectivity index (χ4v) is 3.77. The van der Waals surface area contributed by atoms with E-state index in [2.05, 4.69) is 40.0 Å². The van der Waals surface area contributed by atoms with Crippen molar-refractivity contribution in [3.05, 3.63) is 36.3 Å². The Balaban J connectivity index is 1.85. The number of fused-ring (bicyclic) bond motifs is 1. The van der Waals surface area contributed by atoms with Crippen LogP contribution in [0.5, 0.6) is 0 Å². The number of benzene rings is 1. The predicted molar refractivity (Wildman–Crippen MR) is 82.0 cm³/mol. The zero-order chi connectivity index (χ0) is 13.6. The quantitative estimate of drug-likeness (QED) is 0.916. The topological polar surface area (TPSA) is 29.9 Å². The van der Waals surface area contributed by atoms with Crippen LogP contribution < -0.4 is 5.32 Å². The van der Waals surface area contributed by atoms with Gasteiger partial charge < -0.3 is 9.88 Å². The number of hydrogen-bond acceptors (Lipinski definition) is 2.